The fraction of sp³-hybridized carbons (Fsp3) is 0.385. The third-order valence-electron chi connectivity index (χ3n) is 3.05. The van der Waals surface area contributed by atoms with Gasteiger partial charge < -0.3 is 10.1 Å². The first-order valence-corrected chi connectivity index (χ1v) is 7.36. The van der Waals surface area contributed by atoms with E-state index in [1.165, 1.54) is 0 Å². The lowest BCUT2D eigenvalue weighted by Crippen LogP contribution is -2.21. The van der Waals surface area contributed by atoms with Crippen LogP contribution in [0.15, 0.2) is 30.0 Å². The first-order valence-electron chi connectivity index (χ1n) is 6.48. The van der Waals surface area contributed by atoms with Crippen molar-refractivity contribution in [3.8, 4) is 0 Å². The maximum absolute atomic E-state index is 5.02. The zero-order chi connectivity index (χ0) is 13.8. The van der Waals surface area contributed by atoms with Gasteiger partial charge in [0.1, 0.15) is 0 Å². The van der Waals surface area contributed by atoms with Crippen molar-refractivity contribution in [2.24, 2.45) is 0 Å². The van der Waals surface area contributed by atoms with E-state index in [-0.39, 0.29) is 0 Å². The van der Waals surface area contributed by atoms with Crippen LogP contribution >= 0.6 is 11.3 Å². The van der Waals surface area contributed by atoms with E-state index >= 15 is 0 Å². The van der Waals surface area contributed by atoms with Gasteiger partial charge in [-0.05, 0) is 6.07 Å². The molecule has 20 heavy (non-hydrogen) atoms. The quantitative estimate of drug-likeness (QED) is 0.668. The van der Waals surface area contributed by atoms with Crippen LogP contribution in [0.5, 0.6) is 0 Å². The summed E-state index contributed by atoms with van der Waals surface area (Å²) in [5, 5.41) is 9.72. The molecule has 106 valence electrons. The average Bonchev–Trinajstić information content (AvgIpc) is 3.11. The van der Waals surface area contributed by atoms with Gasteiger partial charge in [0.2, 0.25) is 0 Å². The lowest BCUT2D eigenvalue weighted by Gasteiger charge is -2.07. The predicted octanol–water partition coefficient (Wildman–Crippen LogP) is 1.38. The molecule has 0 spiro atoms. The van der Waals surface area contributed by atoms with E-state index in [1.54, 1.807) is 18.4 Å². The molecule has 3 aromatic rings. The third kappa shape index (κ3) is 2.90. The summed E-state index contributed by atoms with van der Waals surface area (Å²) in [5.41, 5.74) is 2.18. The Hall–Kier alpha value is -1.70. The highest BCUT2D eigenvalue weighted by Crippen LogP contribution is 2.12. The van der Waals surface area contributed by atoms with Gasteiger partial charge in [-0.1, -0.05) is 0 Å². The second-order valence-electron chi connectivity index (χ2n) is 4.47. The Labute approximate surface area is 121 Å². The molecule has 0 atom stereocenters. The maximum Gasteiger partial charge on any atom is 0.193 e. The lowest BCUT2D eigenvalue weighted by molar-refractivity contribution is 0.199. The molecule has 0 saturated carbocycles. The van der Waals surface area contributed by atoms with Gasteiger partial charge in [-0.25, -0.2) is 4.98 Å². The highest BCUT2D eigenvalue weighted by Gasteiger charge is 2.07. The molecule has 0 amide bonds. The first-order chi connectivity index (χ1) is 9.86. The van der Waals surface area contributed by atoms with E-state index in [4.69, 9.17) is 4.74 Å². The summed E-state index contributed by atoms with van der Waals surface area (Å²) < 4.78 is 9.04. The number of ether oxygens (including phenoxy) is 1. The Bertz CT molecular complexity index is 642. The van der Waals surface area contributed by atoms with E-state index in [2.05, 4.69) is 21.6 Å². The van der Waals surface area contributed by atoms with Crippen molar-refractivity contribution >= 4 is 16.3 Å². The van der Waals surface area contributed by atoms with Crippen LogP contribution < -0.4 is 5.32 Å². The van der Waals surface area contributed by atoms with Gasteiger partial charge in [0.25, 0.3) is 0 Å². The predicted molar refractivity (Wildman–Crippen MR) is 78.0 cm³/mol. The van der Waals surface area contributed by atoms with Crippen molar-refractivity contribution < 1.29 is 4.74 Å². The second kappa shape index (κ2) is 6.17. The molecule has 1 N–H and O–H groups in total. The number of rotatable bonds is 7. The second-order valence-corrected chi connectivity index (χ2v) is 5.35. The van der Waals surface area contributed by atoms with Crippen LogP contribution in [0.1, 0.15) is 11.4 Å². The summed E-state index contributed by atoms with van der Waals surface area (Å²) in [7, 11) is 1.70. The van der Waals surface area contributed by atoms with E-state index in [0.717, 1.165) is 29.4 Å². The Balaban J connectivity index is 1.65. The summed E-state index contributed by atoms with van der Waals surface area (Å²) in [6.07, 6.45) is 5.90. The number of fused-ring (bicyclic) bond motifs is 1. The molecular formula is C13H17N5OS. The summed E-state index contributed by atoms with van der Waals surface area (Å²) in [6, 6.07) is 2.03. The largest absolute Gasteiger partial charge is 0.383 e. The molecule has 0 radical (unpaired) electrons. The van der Waals surface area contributed by atoms with Crippen LogP contribution in [-0.2, 0) is 17.8 Å². The van der Waals surface area contributed by atoms with Crippen LogP contribution in [0.2, 0.25) is 0 Å². The summed E-state index contributed by atoms with van der Waals surface area (Å²) >= 11 is 1.64. The highest BCUT2D eigenvalue weighted by molar-refractivity contribution is 7.15. The number of imidazole rings is 1. The van der Waals surface area contributed by atoms with Crippen molar-refractivity contribution in [1.82, 2.24) is 24.5 Å². The fourth-order valence-corrected chi connectivity index (χ4v) is 2.77. The van der Waals surface area contributed by atoms with Gasteiger partial charge in [0.05, 0.1) is 24.5 Å². The average molecular weight is 291 g/mol. The first kappa shape index (κ1) is 13.3. The van der Waals surface area contributed by atoms with Gasteiger partial charge in [-0.15, -0.1) is 11.3 Å². The molecule has 0 unspecified atom stereocenters. The third-order valence-corrected chi connectivity index (χ3v) is 3.82. The SMILES string of the molecule is COCCNCc1ccnn1Cc1cn2ccsc2n1. The molecule has 0 bridgehead atoms. The minimum absolute atomic E-state index is 0.697. The zero-order valence-corrected chi connectivity index (χ0v) is 12.1. The minimum atomic E-state index is 0.697. The van der Waals surface area contributed by atoms with E-state index in [9.17, 15) is 0 Å². The molecule has 3 heterocycles. The molecule has 0 saturated heterocycles. The molecule has 3 rings (SSSR count). The number of nitrogens with one attached hydrogen (secondary N) is 1. The number of nitrogens with zero attached hydrogens (tertiary/aromatic N) is 4. The number of hydrogen-bond acceptors (Lipinski definition) is 5. The van der Waals surface area contributed by atoms with Crippen molar-refractivity contribution in [1.29, 1.82) is 0 Å². The van der Waals surface area contributed by atoms with Crippen molar-refractivity contribution in [2.75, 3.05) is 20.3 Å². The van der Waals surface area contributed by atoms with Crippen LogP contribution in [0.25, 0.3) is 4.96 Å². The van der Waals surface area contributed by atoms with Gasteiger partial charge in [0, 0.05) is 44.2 Å². The number of hydrogen-bond donors (Lipinski definition) is 1. The maximum atomic E-state index is 5.02. The molecular weight excluding hydrogens is 274 g/mol. The normalized spacial score (nSPS) is 11.4. The zero-order valence-electron chi connectivity index (χ0n) is 11.3. The molecule has 3 aromatic heterocycles. The molecule has 0 aliphatic rings. The Morgan fingerprint density at radius 3 is 3.25 bits per heavy atom. The number of aromatic nitrogens is 4. The Morgan fingerprint density at radius 1 is 1.45 bits per heavy atom. The topological polar surface area (TPSA) is 56.4 Å². The van der Waals surface area contributed by atoms with Gasteiger partial charge >= 0.3 is 0 Å². The van der Waals surface area contributed by atoms with E-state index in [1.807, 2.05) is 32.9 Å². The van der Waals surface area contributed by atoms with Crippen LogP contribution in [0.3, 0.4) is 0 Å². The minimum Gasteiger partial charge on any atom is -0.383 e. The van der Waals surface area contributed by atoms with Crippen molar-refractivity contribution in [3.63, 3.8) is 0 Å². The van der Waals surface area contributed by atoms with Crippen LogP contribution in [-0.4, -0.2) is 39.4 Å². The molecule has 0 fully saturated rings. The van der Waals surface area contributed by atoms with Crippen LogP contribution in [0.4, 0.5) is 0 Å². The molecule has 0 aliphatic heterocycles. The van der Waals surface area contributed by atoms with Crippen molar-refractivity contribution in [2.45, 2.75) is 13.1 Å². The number of thiazole rings is 1. The van der Waals surface area contributed by atoms with Gasteiger partial charge in [0.15, 0.2) is 4.96 Å². The Morgan fingerprint density at radius 2 is 2.40 bits per heavy atom. The molecule has 0 aromatic carbocycles. The summed E-state index contributed by atoms with van der Waals surface area (Å²) in [5.74, 6) is 0. The summed E-state index contributed by atoms with van der Waals surface area (Å²) in [6.45, 7) is 3.03. The molecule has 7 heteroatoms. The van der Waals surface area contributed by atoms with Gasteiger partial charge in [-0.2, -0.15) is 5.10 Å². The summed E-state index contributed by atoms with van der Waals surface area (Å²) in [4.78, 5) is 5.60. The van der Waals surface area contributed by atoms with Crippen LogP contribution in [0, 0.1) is 0 Å². The van der Waals surface area contributed by atoms with E-state index < -0.39 is 0 Å². The fourth-order valence-electron chi connectivity index (χ4n) is 2.05. The number of methoxy groups -OCH3 is 1. The highest BCUT2D eigenvalue weighted by atomic mass is 32.1. The van der Waals surface area contributed by atoms with Gasteiger partial charge in [-0.3, -0.25) is 9.08 Å². The van der Waals surface area contributed by atoms with E-state index in [0.29, 0.717) is 13.2 Å². The Kier molecular flexibility index (Phi) is 4.10. The standard InChI is InChI=1S/C13H17N5OS/c1-19-6-4-14-8-12-2-3-15-18(12)10-11-9-17-5-7-20-13(17)16-11/h2-3,5,7,9,14H,4,6,8,10H2,1H3. The smallest absolute Gasteiger partial charge is 0.193 e. The monoisotopic (exact) mass is 291 g/mol. The molecule has 0 aliphatic carbocycles. The lowest BCUT2D eigenvalue weighted by atomic mass is 10.4. The van der Waals surface area contributed by atoms with Crippen molar-refractivity contribution in [3.05, 3.63) is 41.4 Å². The molecule has 6 nitrogen and oxygen atoms in total.